The van der Waals surface area contributed by atoms with Crippen LogP contribution in [-0.4, -0.2) is 17.7 Å². The summed E-state index contributed by atoms with van der Waals surface area (Å²) in [5.41, 5.74) is 3.74. The second-order valence-electron chi connectivity index (χ2n) is 6.02. The zero-order valence-corrected chi connectivity index (χ0v) is 15.4. The zero-order valence-electron chi connectivity index (χ0n) is 15.4. The summed E-state index contributed by atoms with van der Waals surface area (Å²) < 4.78 is 5.71. The first kappa shape index (κ1) is 19.9. The minimum atomic E-state index is 0.0810. The molecule has 4 nitrogen and oxygen atoms in total. The Hall–Kier alpha value is -3.40. The quantitative estimate of drug-likeness (QED) is 0.656. The first-order valence-electron chi connectivity index (χ1n) is 8.52. The van der Waals surface area contributed by atoms with Crippen LogP contribution in [0.3, 0.4) is 0 Å². The van der Waals surface area contributed by atoms with E-state index in [-0.39, 0.29) is 5.75 Å². The number of hydrogen-bond donors (Lipinski definition) is 1. The normalized spacial score (nSPS) is 9.70. The monoisotopic (exact) mass is 362 g/mol. The van der Waals surface area contributed by atoms with E-state index in [9.17, 15) is 9.59 Å². The van der Waals surface area contributed by atoms with Crippen molar-refractivity contribution in [1.82, 2.24) is 0 Å². The number of phenols is 1. The third-order valence-corrected chi connectivity index (χ3v) is 3.99. The van der Waals surface area contributed by atoms with E-state index in [1.165, 1.54) is 0 Å². The topological polar surface area (TPSA) is 63.6 Å². The summed E-state index contributed by atoms with van der Waals surface area (Å²) in [5.74, 6) is 0.754. The third-order valence-electron chi connectivity index (χ3n) is 3.99. The number of ether oxygens (including phenoxy) is 1. The van der Waals surface area contributed by atoms with Gasteiger partial charge in [0.05, 0.1) is 11.1 Å². The van der Waals surface area contributed by atoms with Gasteiger partial charge in [-0.2, -0.15) is 0 Å². The molecule has 0 fully saturated rings. The van der Waals surface area contributed by atoms with Gasteiger partial charge in [-0.1, -0.05) is 54.6 Å². The van der Waals surface area contributed by atoms with Gasteiger partial charge in [0.2, 0.25) is 0 Å². The van der Waals surface area contributed by atoms with Crippen molar-refractivity contribution < 1.29 is 19.4 Å². The van der Waals surface area contributed by atoms with Crippen molar-refractivity contribution in [1.29, 1.82) is 0 Å². The highest BCUT2D eigenvalue weighted by molar-refractivity contribution is 5.80. The number of carbonyl (C=O) groups is 2. The Morgan fingerprint density at radius 3 is 1.96 bits per heavy atom. The predicted octanol–water partition coefficient (Wildman–Crippen LogP) is 4.90. The van der Waals surface area contributed by atoms with Crippen LogP contribution in [0.25, 0.3) is 0 Å². The van der Waals surface area contributed by atoms with Crippen LogP contribution in [0, 0.1) is 13.8 Å². The molecule has 4 heteroatoms. The SMILES string of the molecule is Cc1cccc(C=O)c1O.Cc1cccc(C=O)c1OCc1ccccc1. The number of aldehydes is 2. The molecule has 0 saturated carbocycles. The molecule has 138 valence electrons. The molecular weight excluding hydrogens is 340 g/mol. The second-order valence-corrected chi connectivity index (χ2v) is 6.02. The number of aryl methyl sites for hydroxylation is 2. The summed E-state index contributed by atoms with van der Waals surface area (Å²) in [7, 11) is 0. The van der Waals surface area contributed by atoms with Gasteiger partial charge >= 0.3 is 0 Å². The van der Waals surface area contributed by atoms with E-state index in [4.69, 9.17) is 9.84 Å². The molecule has 0 radical (unpaired) electrons. The highest BCUT2D eigenvalue weighted by Gasteiger charge is 2.06. The lowest BCUT2D eigenvalue weighted by molar-refractivity contribution is 0.111. The molecule has 0 unspecified atom stereocenters. The number of rotatable bonds is 5. The fraction of sp³-hybridized carbons (Fsp3) is 0.130. The first-order chi connectivity index (χ1) is 13.1. The number of hydrogen-bond acceptors (Lipinski definition) is 4. The van der Waals surface area contributed by atoms with Crippen molar-refractivity contribution in [2.45, 2.75) is 20.5 Å². The molecule has 1 N–H and O–H groups in total. The van der Waals surface area contributed by atoms with E-state index in [0.717, 1.165) is 23.0 Å². The van der Waals surface area contributed by atoms with Crippen LogP contribution in [0.5, 0.6) is 11.5 Å². The second kappa shape index (κ2) is 9.92. The molecule has 0 heterocycles. The van der Waals surface area contributed by atoms with E-state index in [2.05, 4.69) is 0 Å². The minimum absolute atomic E-state index is 0.0810. The molecule has 0 bridgehead atoms. The van der Waals surface area contributed by atoms with Gasteiger partial charge in [0.1, 0.15) is 18.1 Å². The summed E-state index contributed by atoms with van der Waals surface area (Å²) in [6.07, 6.45) is 1.47. The van der Waals surface area contributed by atoms with Crippen LogP contribution in [0.15, 0.2) is 66.7 Å². The van der Waals surface area contributed by atoms with Gasteiger partial charge in [0.25, 0.3) is 0 Å². The average Bonchev–Trinajstić information content (AvgIpc) is 2.70. The number of aromatic hydroxyl groups is 1. The number of benzene rings is 3. The fourth-order valence-electron chi connectivity index (χ4n) is 2.47. The van der Waals surface area contributed by atoms with Gasteiger partial charge in [-0.15, -0.1) is 0 Å². The molecule has 27 heavy (non-hydrogen) atoms. The highest BCUT2D eigenvalue weighted by Crippen LogP contribution is 2.23. The molecule has 0 saturated heterocycles. The highest BCUT2D eigenvalue weighted by atomic mass is 16.5. The maximum absolute atomic E-state index is 10.9. The largest absolute Gasteiger partial charge is 0.507 e. The van der Waals surface area contributed by atoms with E-state index < -0.39 is 0 Å². The molecule has 3 aromatic rings. The van der Waals surface area contributed by atoms with E-state index in [1.54, 1.807) is 31.2 Å². The third kappa shape index (κ3) is 5.54. The fourth-order valence-corrected chi connectivity index (χ4v) is 2.47. The van der Waals surface area contributed by atoms with Gasteiger partial charge in [-0.25, -0.2) is 0 Å². The average molecular weight is 362 g/mol. The Kier molecular flexibility index (Phi) is 7.32. The molecule has 0 aliphatic carbocycles. The predicted molar refractivity (Wildman–Crippen MR) is 106 cm³/mol. The maximum atomic E-state index is 10.9. The van der Waals surface area contributed by atoms with Crippen LogP contribution < -0.4 is 4.74 Å². The van der Waals surface area contributed by atoms with Gasteiger partial charge in [-0.05, 0) is 42.7 Å². The molecule has 0 amide bonds. The molecular formula is C23H22O4. The Balaban J connectivity index is 0.000000223. The first-order valence-corrected chi connectivity index (χ1v) is 8.52. The zero-order chi connectivity index (χ0) is 19.6. The molecule has 3 aromatic carbocycles. The Labute approximate surface area is 159 Å². The minimum Gasteiger partial charge on any atom is -0.507 e. The van der Waals surface area contributed by atoms with Crippen molar-refractivity contribution in [3.05, 3.63) is 94.5 Å². The summed E-state index contributed by atoms with van der Waals surface area (Å²) in [6, 6.07) is 20.5. The Morgan fingerprint density at radius 1 is 0.778 bits per heavy atom. The van der Waals surface area contributed by atoms with Gasteiger partial charge in [-0.3, -0.25) is 9.59 Å². The molecule has 0 spiro atoms. The Morgan fingerprint density at radius 2 is 1.37 bits per heavy atom. The lowest BCUT2D eigenvalue weighted by atomic mass is 10.1. The number of para-hydroxylation sites is 2. The molecule has 0 aliphatic rings. The Bertz CT molecular complexity index is 902. The van der Waals surface area contributed by atoms with Crippen LogP contribution >= 0.6 is 0 Å². The van der Waals surface area contributed by atoms with Gasteiger partial charge in [0.15, 0.2) is 12.6 Å². The van der Waals surface area contributed by atoms with Crippen molar-refractivity contribution in [2.75, 3.05) is 0 Å². The smallest absolute Gasteiger partial charge is 0.153 e. The van der Waals surface area contributed by atoms with Crippen molar-refractivity contribution >= 4 is 12.6 Å². The van der Waals surface area contributed by atoms with Crippen molar-refractivity contribution in [3.63, 3.8) is 0 Å². The van der Waals surface area contributed by atoms with E-state index in [1.807, 2.05) is 49.4 Å². The lowest BCUT2D eigenvalue weighted by Gasteiger charge is -2.11. The van der Waals surface area contributed by atoms with E-state index >= 15 is 0 Å². The summed E-state index contributed by atoms with van der Waals surface area (Å²) in [6.45, 7) is 4.17. The van der Waals surface area contributed by atoms with Crippen molar-refractivity contribution in [2.24, 2.45) is 0 Å². The molecule has 3 rings (SSSR count). The summed E-state index contributed by atoms with van der Waals surface area (Å²) in [4.78, 5) is 21.1. The molecule has 0 aliphatic heterocycles. The maximum Gasteiger partial charge on any atom is 0.153 e. The number of carbonyl (C=O) groups excluding carboxylic acids is 2. The van der Waals surface area contributed by atoms with E-state index in [0.29, 0.717) is 29.8 Å². The van der Waals surface area contributed by atoms with Gasteiger partial charge < -0.3 is 9.84 Å². The van der Waals surface area contributed by atoms with Crippen LogP contribution in [-0.2, 0) is 6.61 Å². The standard InChI is InChI=1S/C15H14O2.C8H8O2/c1-12-6-5-9-14(10-16)15(12)17-11-13-7-3-2-4-8-13;1-6-3-2-4-7(5-9)8(6)10/h2-10H,11H2,1H3;2-5,10H,1H3. The molecule has 0 atom stereocenters. The molecule has 0 aromatic heterocycles. The number of phenolic OH excluding ortho intramolecular Hbond substituents is 1. The van der Waals surface area contributed by atoms with Crippen molar-refractivity contribution in [3.8, 4) is 11.5 Å². The van der Waals surface area contributed by atoms with Crippen LogP contribution in [0.1, 0.15) is 37.4 Å². The summed E-state index contributed by atoms with van der Waals surface area (Å²) >= 11 is 0. The lowest BCUT2D eigenvalue weighted by Crippen LogP contribution is -1.99. The van der Waals surface area contributed by atoms with Gasteiger partial charge in [0, 0.05) is 0 Å². The van der Waals surface area contributed by atoms with Crippen LogP contribution in [0.2, 0.25) is 0 Å². The summed E-state index contributed by atoms with van der Waals surface area (Å²) in [5, 5.41) is 9.17. The van der Waals surface area contributed by atoms with Crippen LogP contribution in [0.4, 0.5) is 0 Å².